The number of ether oxygens (including phenoxy) is 1. The molecule has 2 atom stereocenters. The van der Waals surface area contributed by atoms with Crippen LogP contribution in [0.15, 0.2) is 36.4 Å². The zero-order valence-electron chi connectivity index (χ0n) is 22.3. The van der Waals surface area contributed by atoms with Crippen molar-refractivity contribution in [2.24, 2.45) is 0 Å². The van der Waals surface area contributed by atoms with E-state index in [4.69, 9.17) is 9.84 Å². The van der Waals surface area contributed by atoms with E-state index < -0.39 is 18.1 Å². The van der Waals surface area contributed by atoms with E-state index >= 15 is 0 Å². The van der Waals surface area contributed by atoms with Crippen LogP contribution in [0, 0.1) is 0 Å². The van der Waals surface area contributed by atoms with Crippen molar-refractivity contribution in [2.45, 2.75) is 31.9 Å². The molecule has 16 nitrogen and oxygen atoms in total. The fraction of sp³-hybridized carbons (Fsp3) is 0.440. The van der Waals surface area contributed by atoms with Crippen molar-refractivity contribution >= 4 is 23.8 Å². The zero-order valence-corrected chi connectivity index (χ0v) is 22.3. The van der Waals surface area contributed by atoms with Crippen LogP contribution in [0.2, 0.25) is 0 Å². The molecule has 1 aromatic carbocycles. The number of piperazine rings is 1. The number of carboxylic acid groups (broad SMARTS) is 1. The molecule has 5 rings (SSSR count). The molecule has 0 radical (unpaired) electrons. The molecule has 3 N–H and O–H groups in total. The Labute approximate surface area is 234 Å². The average molecular weight is 567 g/mol. The van der Waals surface area contributed by atoms with Crippen LogP contribution in [0.25, 0.3) is 5.69 Å². The van der Waals surface area contributed by atoms with Crippen LogP contribution in [0.4, 0.5) is 4.79 Å². The van der Waals surface area contributed by atoms with Gasteiger partial charge in [0.15, 0.2) is 17.6 Å². The maximum atomic E-state index is 13.4. The molecule has 4 heterocycles. The molecular weight excluding hydrogens is 536 g/mol. The van der Waals surface area contributed by atoms with Gasteiger partial charge in [-0.1, -0.05) is 23.4 Å². The quantitative estimate of drug-likeness (QED) is 0.336. The number of amides is 4. The summed E-state index contributed by atoms with van der Waals surface area (Å²) < 4.78 is 7.48. The second-order valence-electron chi connectivity index (χ2n) is 9.67. The highest BCUT2D eigenvalue weighted by atomic mass is 16.5. The average Bonchev–Trinajstić information content (AvgIpc) is 3.77. The Kier molecular flexibility index (Phi) is 8.07. The standard InChI is InChI=1S/C25H30N10O6/c1-16(24(38)34-9-5-8-19(34)22-27-30-31-28-22)41-21-14-18(29-35(21)17-6-3-2-4-7-17)23(37)26-15-20(36)32-10-12-33(13-11-32)25(39)40/h2-4,6-7,14,16,19H,5,8-13,15H2,1H3,(H,26,37)(H,39,40)(H,27,28,30,31)/t16-,19?/m1/s1. The van der Waals surface area contributed by atoms with Crippen molar-refractivity contribution in [3.05, 3.63) is 47.9 Å². The Morgan fingerprint density at radius 1 is 1.10 bits per heavy atom. The third kappa shape index (κ3) is 6.10. The van der Waals surface area contributed by atoms with Gasteiger partial charge in [-0.25, -0.2) is 9.48 Å². The fourth-order valence-electron chi connectivity index (χ4n) is 4.89. The van der Waals surface area contributed by atoms with Crippen molar-refractivity contribution in [2.75, 3.05) is 39.3 Å². The summed E-state index contributed by atoms with van der Waals surface area (Å²) in [6, 6.07) is 10.1. The van der Waals surface area contributed by atoms with Crippen molar-refractivity contribution in [1.29, 1.82) is 0 Å². The Morgan fingerprint density at radius 3 is 2.51 bits per heavy atom. The summed E-state index contributed by atoms with van der Waals surface area (Å²) in [5.74, 6) is -0.581. The lowest BCUT2D eigenvalue weighted by molar-refractivity contribution is -0.139. The van der Waals surface area contributed by atoms with E-state index in [1.807, 2.05) is 6.07 Å². The summed E-state index contributed by atoms with van der Waals surface area (Å²) in [4.78, 5) is 54.4. The molecule has 216 valence electrons. The predicted octanol–water partition coefficient (Wildman–Crippen LogP) is 0.0684. The molecular formula is C25H30N10O6. The summed E-state index contributed by atoms with van der Waals surface area (Å²) in [6.45, 7) is 2.79. The monoisotopic (exact) mass is 566 g/mol. The van der Waals surface area contributed by atoms with Crippen LogP contribution in [0.1, 0.15) is 42.1 Å². The Morgan fingerprint density at radius 2 is 1.83 bits per heavy atom. The van der Waals surface area contributed by atoms with Crippen LogP contribution >= 0.6 is 0 Å². The van der Waals surface area contributed by atoms with Crippen molar-refractivity contribution in [3.8, 4) is 11.6 Å². The molecule has 2 aromatic heterocycles. The molecule has 16 heteroatoms. The minimum Gasteiger partial charge on any atom is -0.465 e. The molecule has 41 heavy (non-hydrogen) atoms. The number of likely N-dealkylation sites (tertiary alicyclic amines) is 1. The second-order valence-corrected chi connectivity index (χ2v) is 9.67. The first-order valence-corrected chi connectivity index (χ1v) is 13.2. The number of aromatic amines is 1. The van der Waals surface area contributed by atoms with Crippen LogP contribution in [-0.2, 0) is 9.59 Å². The minimum absolute atomic E-state index is 0.00200. The second kappa shape index (κ2) is 12.0. The van der Waals surface area contributed by atoms with E-state index in [1.54, 1.807) is 36.1 Å². The highest BCUT2D eigenvalue weighted by Gasteiger charge is 2.36. The lowest BCUT2D eigenvalue weighted by Crippen LogP contribution is -2.52. The molecule has 2 fully saturated rings. The van der Waals surface area contributed by atoms with Gasteiger partial charge in [0.25, 0.3) is 11.8 Å². The predicted molar refractivity (Wildman–Crippen MR) is 140 cm³/mol. The number of aromatic nitrogens is 6. The zero-order chi connectivity index (χ0) is 28.9. The van der Waals surface area contributed by atoms with Gasteiger partial charge in [-0.15, -0.1) is 10.2 Å². The van der Waals surface area contributed by atoms with Gasteiger partial charge in [0.05, 0.1) is 18.3 Å². The van der Waals surface area contributed by atoms with Gasteiger partial charge in [-0.3, -0.25) is 14.4 Å². The van der Waals surface area contributed by atoms with Gasteiger partial charge in [-0.05, 0) is 31.9 Å². The number of H-pyrrole nitrogens is 1. The van der Waals surface area contributed by atoms with Crippen LogP contribution in [0.5, 0.6) is 5.88 Å². The first-order chi connectivity index (χ1) is 19.8. The summed E-state index contributed by atoms with van der Waals surface area (Å²) in [5.41, 5.74) is 0.609. The number of carbonyl (C=O) groups excluding carboxylic acids is 3. The van der Waals surface area contributed by atoms with E-state index in [2.05, 4.69) is 31.0 Å². The molecule has 0 spiro atoms. The molecule has 3 aromatic rings. The largest absolute Gasteiger partial charge is 0.465 e. The molecule has 0 saturated carbocycles. The number of benzene rings is 1. The number of nitrogens with zero attached hydrogens (tertiary/aromatic N) is 8. The number of carbonyl (C=O) groups is 4. The summed E-state index contributed by atoms with van der Waals surface area (Å²) in [5, 5.41) is 30.1. The van der Waals surface area contributed by atoms with Gasteiger partial charge in [0.1, 0.15) is 0 Å². The fourth-order valence-corrected chi connectivity index (χ4v) is 4.89. The van der Waals surface area contributed by atoms with Gasteiger partial charge in [0, 0.05) is 38.8 Å². The maximum absolute atomic E-state index is 13.4. The van der Waals surface area contributed by atoms with Crippen LogP contribution in [-0.4, -0.2) is 119 Å². The molecule has 2 aliphatic rings. The van der Waals surface area contributed by atoms with E-state index in [-0.39, 0.29) is 62.2 Å². The SMILES string of the molecule is C[C@@H](Oc1cc(C(=O)NCC(=O)N2CCN(C(=O)O)CC2)nn1-c1ccccc1)C(=O)N1CCCC1c1nn[nH]n1. The molecule has 4 amide bonds. The number of hydrogen-bond acceptors (Lipinski definition) is 9. The number of hydrogen-bond donors (Lipinski definition) is 3. The Hall–Kier alpha value is -5.02. The third-order valence-corrected chi connectivity index (χ3v) is 7.05. The number of rotatable bonds is 8. The van der Waals surface area contributed by atoms with Gasteiger partial charge in [-0.2, -0.15) is 10.3 Å². The van der Waals surface area contributed by atoms with Crippen LogP contribution in [0.3, 0.4) is 0 Å². The number of tetrazole rings is 1. The van der Waals surface area contributed by atoms with E-state index in [1.165, 1.54) is 20.5 Å². The van der Waals surface area contributed by atoms with E-state index in [0.29, 0.717) is 24.5 Å². The van der Waals surface area contributed by atoms with Gasteiger partial charge >= 0.3 is 6.09 Å². The van der Waals surface area contributed by atoms with Gasteiger partial charge < -0.3 is 29.9 Å². The first-order valence-electron chi connectivity index (χ1n) is 13.2. The van der Waals surface area contributed by atoms with Gasteiger partial charge in [0.2, 0.25) is 11.8 Å². The Balaban J connectivity index is 1.27. The first kappa shape index (κ1) is 27.5. The third-order valence-electron chi connectivity index (χ3n) is 7.05. The van der Waals surface area contributed by atoms with E-state index in [0.717, 1.165) is 6.42 Å². The summed E-state index contributed by atoms with van der Waals surface area (Å²) in [7, 11) is 0. The maximum Gasteiger partial charge on any atom is 0.407 e. The molecule has 0 aliphatic carbocycles. The number of para-hydroxylation sites is 1. The smallest absolute Gasteiger partial charge is 0.407 e. The van der Waals surface area contributed by atoms with Crippen LogP contribution < -0.4 is 10.1 Å². The Bertz CT molecular complexity index is 1390. The van der Waals surface area contributed by atoms with Crippen molar-refractivity contribution in [3.63, 3.8) is 0 Å². The summed E-state index contributed by atoms with van der Waals surface area (Å²) in [6.07, 6.45) is -0.444. The topological polar surface area (TPSA) is 192 Å². The molecule has 0 bridgehead atoms. The highest BCUT2D eigenvalue weighted by molar-refractivity contribution is 5.95. The van der Waals surface area contributed by atoms with E-state index in [9.17, 15) is 19.2 Å². The summed E-state index contributed by atoms with van der Waals surface area (Å²) >= 11 is 0. The highest BCUT2D eigenvalue weighted by Crippen LogP contribution is 2.30. The lowest BCUT2D eigenvalue weighted by atomic mass is 10.2. The van der Waals surface area contributed by atoms with Crippen molar-refractivity contribution < 1.29 is 29.0 Å². The lowest BCUT2D eigenvalue weighted by Gasteiger charge is -2.33. The molecule has 2 saturated heterocycles. The number of nitrogens with one attached hydrogen (secondary N) is 2. The molecule has 2 aliphatic heterocycles. The minimum atomic E-state index is -1.03. The van der Waals surface area contributed by atoms with Crippen molar-refractivity contribution in [1.82, 2.24) is 50.4 Å². The molecule has 1 unspecified atom stereocenters. The normalized spacial score (nSPS) is 17.8.